The molecule has 1 heterocycles. The predicted molar refractivity (Wildman–Crippen MR) is 98.6 cm³/mol. The van der Waals surface area contributed by atoms with Gasteiger partial charge in [0.2, 0.25) is 20.0 Å². The van der Waals surface area contributed by atoms with E-state index < -0.39 is 26.1 Å². The molecule has 138 valence electrons. The molecule has 8 nitrogen and oxygen atoms in total. The SMILES string of the molecule is CC(c1ccc(S(N)(=O)=O)cc1)N(C)S(=O)(=O)c1cccc2nsnc12. The summed E-state index contributed by atoms with van der Waals surface area (Å²) < 4.78 is 58.1. The van der Waals surface area contributed by atoms with Gasteiger partial charge in [0.25, 0.3) is 0 Å². The fourth-order valence-electron chi connectivity index (χ4n) is 2.50. The number of aromatic nitrogens is 2. The van der Waals surface area contributed by atoms with Crippen molar-refractivity contribution >= 4 is 42.8 Å². The number of primary sulfonamides is 1. The van der Waals surface area contributed by atoms with Crippen molar-refractivity contribution in [3.05, 3.63) is 48.0 Å². The summed E-state index contributed by atoms with van der Waals surface area (Å²) >= 11 is 0.952. The molecule has 1 atom stereocenters. The summed E-state index contributed by atoms with van der Waals surface area (Å²) in [5.41, 5.74) is 1.49. The van der Waals surface area contributed by atoms with Crippen LogP contribution in [0.1, 0.15) is 18.5 Å². The monoisotopic (exact) mass is 412 g/mol. The van der Waals surface area contributed by atoms with Crippen LogP contribution in [0.25, 0.3) is 11.0 Å². The van der Waals surface area contributed by atoms with E-state index in [4.69, 9.17) is 5.14 Å². The lowest BCUT2D eigenvalue weighted by Gasteiger charge is -2.25. The highest BCUT2D eigenvalue weighted by Gasteiger charge is 2.29. The molecule has 0 aliphatic heterocycles. The van der Waals surface area contributed by atoms with Crippen molar-refractivity contribution in [1.29, 1.82) is 0 Å². The van der Waals surface area contributed by atoms with Gasteiger partial charge in [0.1, 0.15) is 15.9 Å². The molecule has 1 unspecified atom stereocenters. The summed E-state index contributed by atoms with van der Waals surface area (Å²) in [6.45, 7) is 1.71. The molecule has 3 aromatic rings. The summed E-state index contributed by atoms with van der Waals surface area (Å²) in [5, 5.41) is 5.08. The molecule has 0 aliphatic carbocycles. The first kappa shape index (κ1) is 18.9. The van der Waals surface area contributed by atoms with Crippen molar-refractivity contribution in [2.24, 2.45) is 5.14 Å². The van der Waals surface area contributed by atoms with Gasteiger partial charge in [-0.05, 0) is 36.8 Å². The zero-order chi connectivity index (χ0) is 19.1. The van der Waals surface area contributed by atoms with Crippen LogP contribution in [-0.2, 0) is 20.0 Å². The van der Waals surface area contributed by atoms with Crippen LogP contribution in [0.15, 0.2) is 52.3 Å². The van der Waals surface area contributed by atoms with Gasteiger partial charge in [-0.15, -0.1) is 0 Å². The zero-order valence-electron chi connectivity index (χ0n) is 13.9. The minimum absolute atomic E-state index is 0.0303. The van der Waals surface area contributed by atoms with Crippen LogP contribution in [0, 0.1) is 0 Å². The number of hydrogen-bond acceptors (Lipinski definition) is 7. The molecule has 0 spiro atoms. The van der Waals surface area contributed by atoms with Gasteiger partial charge in [0.05, 0.1) is 16.6 Å². The van der Waals surface area contributed by atoms with Crippen molar-refractivity contribution in [3.63, 3.8) is 0 Å². The number of hydrogen-bond donors (Lipinski definition) is 1. The summed E-state index contributed by atoms with van der Waals surface area (Å²) in [6, 6.07) is 10.1. The maximum atomic E-state index is 13.0. The Morgan fingerprint density at radius 3 is 2.31 bits per heavy atom. The van der Waals surface area contributed by atoms with E-state index in [1.807, 2.05) is 0 Å². The van der Waals surface area contributed by atoms with Crippen LogP contribution < -0.4 is 5.14 Å². The molecule has 0 amide bonds. The van der Waals surface area contributed by atoms with E-state index in [9.17, 15) is 16.8 Å². The molecule has 1 aromatic heterocycles. The fraction of sp³-hybridized carbons (Fsp3) is 0.200. The molecule has 11 heteroatoms. The van der Waals surface area contributed by atoms with Crippen LogP contribution >= 0.6 is 11.7 Å². The lowest BCUT2D eigenvalue weighted by atomic mass is 10.1. The topological polar surface area (TPSA) is 123 Å². The van der Waals surface area contributed by atoms with Gasteiger partial charge in [0, 0.05) is 13.1 Å². The highest BCUT2D eigenvalue weighted by atomic mass is 32.2. The second kappa shape index (κ2) is 6.67. The normalized spacial score (nSPS) is 14.0. The number of sulfonamides is 2. The Hall–Kier alpha value is -1.92. The largest absolute Gasteiger partial charge is 0.245 e. The Morgan fingerprint density at radius 1 is 1.04 bits per heavy atom. The summed E-state index contributed by atoms with van der Waals surface area (Å²) in [7, 11) is -6.16. The van der Waals surface area contributed by atoms with Crippen molar-refractivity contribution in [3.8, 4) is 0 Å². The highest BCUT2D eigenvalue weighted by molar-refractivity contribution is 7.89. The average molecular weight is 413 g/mol. The molecule has 0 radical (unpaired) electrons. The Bertz CT molecular complexity index is 1160. The van der Waals surface area contributed by atoms with E-state index in [2.05, 4.69) is 8.75 Å². The molecule has 0 aliphatic rings. The lowest BCUT2D eigenvalue weighted by Crippen LogP contribution is -2.30. The van der Waals surface area contributed by atoms with E-state index in [0.717, 1.165) is 11.7 Å². The molecular weight excluding hydrogens is 396 g/mol. The number of rotatable bonds is 5. The van der Waals surface area contributed by atoms with Gasteiger partial charge in [-0.3, -0.25) is 0 Å². The van der Waals surface area contributed by atoms with Gasteiger partial charge >= 0.3 is 0 Å². The van der Waals surface area contributed by atoms with Crippen LogP contribution in [0.2, 0.25) is 0 Å². The summed E-state index contributed by atoms with van der Waals surface area (Å²) in [5.74, 6) is 0. The Kier molecular flexibility index (Phi) is 4.84. The smallest absolute Gasteiger partial charge is 0.225 e. The molecule has 3 rings (SSSR count). The second-order valence-electron chi connectivity index (χ2n) is 5.70. The summed E-state index contributed by atoms with van der Waals surface area (Å²) in [4.78, 5) is 0.0523. The minimum Gasteiger partial charge on any atom is -0.225 e. The van der Waals surface area contributed by atoms with Gasteiger partial charge in [-0.1, -0.05) is 18.2 Å². The van der Waals surface area contributed by atoms with E-state index >= 15 is 0 Å². The summed E-state index contributed by atoms with van der Waals surface area (Å²) in [6.07, 6.45) is 0. The molecule has 2 N–H and O–H groups in total. The molecule has 0 fully saturated rings. The maximum Gasteiger partial charge on any atom is 0.245 e. The fourth-order valence-corrected chi connectivity index (χ4v) is 5.12. The Labute approximate surface area is 155 Å². The van der Waals surface area contributed by atoms with Crippen LogP contribution in [0.4, 0.5) is 0 Å². The van der Waals surface area contributed by atoms with Crippen molar-refractivity contribution in [1.82, 2.24) is 13.1 Å². The van der Waals surface area contributed by atoms with Crippen molar-refractivity contribution in [2.75, 3.05) is 7.05 Å². The third kappa shape index (κ3) is 3.35. The third-order valence-electron chi connectivity index (χ3n) is 4.14. The lowest BCUT2D eigenvalue weighted by molar-refractivity contribution is 0.398. The van der Waals surface area contributed by atoms with Crippen LogP contribution in [-0.4, -0.2) is 36.9 Å². The van der Waals surface area contributed by atoms with Crippen LogP contribution in [0.5, 0.6) is 0 Å². The molecule has 0 saturated carbocycles. The number of nitrogens with zero attached hydrogens (tertiary/aromatic N) is 3. The molecule has 26 heavy (non-hydrogen) atoms. The first-order valence-electron chi connectivity index (χ1n) is 7.44. The third-order valence-corrected chi connectivity index (χ3v) is 7.57. The zero-order valence-corrected chi connectivity index (χ0v) is 16.3. The highest BCUT2D eigenvalue weighted by Crippen LogP contribution is 2.29. The number of benzene rings is 2. The van der Waals surface area contributed by atoms with E-state index in [0.29, 0.717) is 16.6 Å². The standard InChI is InChI=1S/C15H16N4O4S3/c1-10(11-6-8-12(9-7-11)25(16,20)21)19(2)26(22,23)14-5-3-4-13-15(14)18-24-17-13/h3-10H,1-2H3,(H2,16,20,21). The van der Waals surface area contributed by atoms with Gasteiger partial charge in [-0.25, -0.2) is 22.0 Å². The quantitative estimate of drug-likeness (QED) is 0.680. The van der Waals surface area contributed by atoms with E-state index in [1.165, 1.54) is 29.6 Å². The molecule has 0 bridgehead atoms. The predicted octanol–water partition coefficient (Wildman–Crippen LogP) is 1.72. The minimum atomic E-state index is -3.83. The van der Waals surface area contributed by atoms with Gasteiger partial charge in [0.15, 0.2) is 0 Å². The Balaban J connectivity index is 1.97. The maximum absolute atomic E-state index is 13.0. The Morgan fingerprint density at radius 2 is 1.69 bits per heavy atom. The second-order valence-corrected chi connectivity index (χ2v) is 9.76. The average Bonchev–Trinajstić information content (AvgIpc) is 3.08. The van der Waals surface area contributed by atoms with Gasteiger partial charge in [-0.2, -0.15) is 13.1 Å². The molecule has 0 saturated heterocycles. The molecular formula is C15H16N4O4S3. The first-order chi connectivity index (χ1) is 12.1. The first-order valence-corrected chi connectivity index (χ1v) is 11.2. The molecule has 2 aromatic carbocycles. The van der Waals surface area contributed by atoms with Crippen molar-refractivity contribution in [2.45, 2.75) is 22.8 Å². The van der Waals surface area contributed by atoms with Crippen LogP contribution in [0.3, 0.4) is 0 Å². The van der Waals surface area contributed by atoms with E-state index in [1.54, 1.807) is 31.2 Å². The number of nitrogens with two attached hydrogens (primary N) is 1. The van der Waals surface area contributed by atoms with E-state index in [-0.39, 0.29) is 9.79 Å². The van der Waals surface area contributed by atoms with Crippen molar-refractivity contribution < 1.29 is 16.8 Å². The number of fused-ring (bicyclic) bond motifs is 1. The van der Waals surface area contributed by atoms with Gasteiger partial charge < -0.3 is 0 Å².